The summed E-state index contributed by atoms with van der Waals surface area (Å²) in [6.45, 7) is 0.424. The fraction of sp³-hybridized carbons (Fsp3) is 0.250. The Bertz CT molecular complexity index is 228. The summed E-state index contributed by atoms with van der Waals surface area (Å²) in [6.07, 6.45) is 0. The minimum absolute atomic E-state index is 0.265. The first-order valence-electron chi connectivity index (χ1n) is 3.21. The second-order valence-electron chi connectivity index (χ2n) is 2.17. The molecule has 0 fully saturated rings. The van der Waals surface area contributed by atoms with Gasteiger partial charge in [0.2, 0.25) is 0 Å². The van der Waals surface area contributed by atoms with E-state index in [-0.39, 0.29) is 5.75 Å². The van der Waals surface area contributed by atoms with Crippen LogP contribution in [0.3, 0.4) is 0 Å². The average molecular weight is 217 g/mol. The van der Waals surface area contributed by atoms with Gasteiger partial charge in [-0.15, -0.1) is 0 Å². The fourth-order valence-electron chi connectivity index (χ4n) is 0.834. The van der Waals surface area contributed by atoms with Gasteiger partial charge in [0.15, 0.2) is 0 Å². The number of hydrogen-bond acceptors (Lipinski definition) is 2. The molecule has 60 valence electrons. The Morgan fingerprint density at radius 3 is 2.82 bits per heavy atom. The molecule has 1 N–H and O–H groups in total. The lowest BCUT2D eigenvalue weighted by Crippen LogP contribution is -1.89. The van der Waals surface area contributed by atoms with Crippen LogP contribution in [0.4, 0.5) is 0 Å². The molecule has 0 aliphatic carbocycles. The first kappa shape index (κ1) is 8.56. The third-order valence-electron chi connectivity index (χ3n) is 1.38. The van der Waals surface area contributed by atoms with Gasteiger partial charge in [-0.1, -0.05) is 22.0 Å². The smallest absolute Gasteiger partial charge is 0.122 e. The molecule has 0 saturated carbocycles. The van der Waals surface area contributed by atoms with Gasteiger partial charge in [0.25, 0.3) is 0 Å². The molecule has 0 aliphatic heterocycles. The molecule has 3 heteroatoms. The molecule has 0 unspecified atom stereocenters. The predicted octanol–water partition coefficient (Wildman–Crippen LogP) is 2.30. The molecule has 0 aromatic heterocycles. The molecule has 0 spiro atoms. The summed E-state index contributed by atoms with van der Waals surface area (Å²) in [4.78, 5) is 0. The van der Waals surface area contributed by atoms with Gasteiger partial charge in [-0.25, -0.2) is 0 Å². The van der Waals surface area contributed by atoms with Crippen molar-refractivity contribution in [3.05, 3.63) is 28.2 Å². The van der Waals surface area contributed by atoms with E-state index < -0.39 is 0 Å². The number of methoxy groups -OCH3 is 1. The van der Waals surface area contributed by atoms with Crippen molar-refractivity contribution >= 4 is 15.9 Å². The number of aromatic hydroxyl groups is 1. The van der Waals surface area contributed by atoms with E-state index in [0.29, 0.717) is 6.61 Å². The highest BCUT2D eigenvalue weighted by Crippen LogP contribution is 2.25. The third-order valence-corrected chi connectivity index (χ3v) is 2.13. The van der Waals surface area contributed by atoms with Crippen molar-refractivity contribution in [1.29, 1.82) is 0 Å². The van der Waals surface area contributed by atoms with Crippen LogP contribution in [0.25, 0.3) is 0 Å². The van der Waals surface area contributed by atoms with Crippen LogP contribution < -0.4 is 0 Å². The number of phenolic OH excluding ortho intramolecular Hbond substituents is 1. The minimum atomic E-state index is 0.265. The number of rotatable bonds is 2. The lowest BCUT2D eigenvalue weighted by atomic mass is 10.2. The average Bonchev–Trinajstić information content (AvgIpc) is 1.97. The maximum Gasteiger partial charge on any atom is 0.122 e. The zero-order valence-electron chi connectivity index (χ0n) is 6.17. The molecule has 0 atom stereocenters. The Kier molecular flexibility index (Phi) is 2.91. The zero-order valence-corrected chi connectivity index (χ0v) is 7.76. The van der Waals surface area contributed by atoms with Crippen molar-refractivity contribution in [2.75, 3.05) is 7.11 Å². The van der Waals surface area contributed by atoms with Crippen molar-refractivity contribution in [1.82, 2.24) is 0 Å². The minimum Gasteiger partial charge on any atom is -0.508 e. The monoisotopic (exact) mass is 216 g/mol. The van der Waals surface area contributed by atoms with Crippen LogP contribution in [0.15, 0.2) is 22.7 Å². The molecule has 11 heavy (non-hydrogen) atoms. The maximum atomic E-state index is 9.31. The number of phenols is 1. The highest BCUT2D eigenvalue weighted by atomic mass is 79.9. The zero-order chi connectivity index (χ0) is 8.27. The van der Waals surface area contributed by atoms with Crippen molar-refractivity contribution in [3.63, 3.8) is 0 Å². The van der Waals surface area contributed by atoms with Crippen molar-refractivity contribution in [2.24, 2.45) is 0 Å². The second-order valence-corrected chi connectivity index (χ2v) is 3.02. The number of hydrogen-bond donors (Lipinski definition) is 1. The molecule has 0 bridgehead atoms. The van der Waals surface area contributed by atoms with Gasteiger partial charge in [-0.2, -0.15) is 0 Å². The van der Waals surface area contributed by atoms with E-state index in [1.54, 1.807) is 19.2 Å². The quantitative estimate of drug-likeness (QED) is 0.823. The highest BCUT2D eigenvalue weighted by Gasteiger charge is 2.03. The maximum absolute atomic E-state index is 9.31. The van der Waals surface area contributed by atoms with Gasteiger partial charge in [0.1, 0.15) is 5.75 Å². The van der Waals surface area contributed by atoms with E-state index in [4.69, 9.17) is 4.74 Å². The van der Waals surface area contributed by atoms with E-state index in [0.717, 1.165) is 10.0 Å². The van der Waals surface area contributed by atoms with Crippen LogP contribution >= 0.6 is 15.9 Å². The Hall–Kier alpha value is -0.540. The summed E-state index contributed by atoms with van der Waals surface area (Å²) in [5, 5.41) is 9.31. The molecule has 0 aliphatic rings. The van der Waals surface area contributed by atoms with Gasteiger partial charge in [-0.3, -0.25) is 0 Å². The van der Waals surface area contributed by atoms with E-state index in [2.05, 4.69) is 15.9 Å². The molecule has 1 rings (SSSR count). The van der Waals surface area contributed by atoms with Gasteiger partial charge < -0.3 is 9.84 Å². The molecular weight excluding hydrogens is 208 g/mol. The largest absolute Gasteiger partial charge is 0.508 e. The summed E-state index contributed by atoms with van der Waals surface area (Å²) in [6, 6.07) is 5.28. The van der Waals surface area contributed by atoms with E-state index in [9.17, 15) is 5.11 Å². The van der Waals surface area contributed by atoms with Gasteiger partial charge in [0.05, 0.1) is 6.61 Å². The first-order chi connectivity index (χ1) is 5.25. The number of benzene rings is 1. The topological polar surface area (TPSA) is 29.5 Å². The van der Waals surface area contributed by atoms with E-state index >= 15 is 0 Å². The molecule has 1 aromatic rings. The van der Waals surface area contributed by atoms with E-state index in [1.807, 2.05) is 6.07 Å². The second kappa shape index (κ2) is 3.74. The van der Waals surface area contributed by atoms with Gasteiger partial charge in [0, 0.05) is 17.1 Å². The Balaban J connectivity index is 3.00. The molecule has 1 aromatic carbocycles. The fourth-order valence-corrected chi connectivity index (χ4v) is 1.30. The standard InChI is InChI=1S/C8H9BrO2/c1-11-5-6-7(9)3-2-4-8(6)10/h2-4,10H,5H2,1H3. The van der Waals surface area contributed by atoms with Crippen LogP contribution in [0.2, 0.25) is 0 Å². The molecule has 2 nitrogen and oxygen atoms in total. The molecule has 0 amide bonds. The summed E-state index contributed by atoms with van der Waals surface area (Å²) in [5.41, 5.74) is 0.787. The Morgan fingerprint density at radius 2 is 2.27 bits per heavy atom. The predicted molar refractivity (Wildman–Crippen MR) is 46.5 cm³/mol. The molecule has 0 radical (unpaired) electrons. The van der Waals surface area contributed by atoms with Crippen LogP contribution in [0.1, 0.15) is 5.56 Å². The van der Waals surface area contributed by atoms with Crippen molar-refractivity contribution in [3.8, 4) is 5.75 Å². The summed E-state index contributed by atoms with van der Waals surface area (Å²) in [7, 11) is 1.60. The van der Waals surface area contributed by atoms with Crippen LogP contribution in [-0.2, 0) is 11.3 Å². The molecule has 0 heterocycles. The van der Waals surface area contributed by atoms with Crippen molar-refractivity contribution < 1.29 is 9.84 Å². The highest BCUT2D eigenvalue weighted by molar-refractivity contribution is 9.10. The van der Waals surface area contributed by atoms with Gasteiger partial charge in [-0.05, 0) is 12.1 Å². The van der Waals surface area contributed by atoms with Crippen molar-refractivity contribution in [2.45, 2.75) is 6.61 Å². The van der Waals surface area contributed by atoms with E-state index in [1.165, 1.54) is 0 Å². The SMILES string of the molecule is COCc1c(O)cccc1Br. The normalized spacial score (nSPS) is 10.0. The summed E-state index contributed by atoms with van der Waals surface area (Å²) in [5.74, 6) is 0.265. The molecule has 0 saturated heterocycles. The summed E-state index contributed by atoms with van der Waals surface area (Å²) < 4.78 is 5.77. The van der Waals surface area contributed by atoms with Crippen LogP contribution in [0.5, 0.6) is 5.75 Å². The lowest BCUT2D eigenvalue weighted by Gasteiger charge is -2.04. The number of halogens is 1. The lowest BCUT2D eigenvalue weighted by molar-refractivity contribution is 0.181. The van der Waals surface area contributed by atoms with Crippen LogP contribution in [0, 0.1) is 0 Å². The van der Waals surface area contributed by atoms with Crippen LogP contribution in [-0.4, -0.2) is 12.2 Å². The Morgan fingerprint density at radius 1 is 1.55 bits per heavy atom. The third kappa shape index (κ3) is 1.94. The first-order valence-corrected chi connectivity index (χ1v) is 4.00. The summed E-state index contributed by atoms with van der Waals surface area (Å²) >= 11 is 3.31. The number of ether oxygens (including phenoxy) is 1. The van der Waals surface area contributed by atoms with Gasteiger partial charge >= 0.3 is 0 Å². The molecular formula is C8H9BrO2. The Labute approximate surface area is 73.9 Å².